The highest BCUT2D eigenvalue weighted by Crippen LogP contribution is 2.23. The summed E-state index contributed by atoms with van der Waals surface area (Å²) in [6.45, 7) is 14.2. The molecule has 28 heavy (non-hydrogen) atoms. The fourth-order valence-corrected chi connectivity index (χ4v) is 3.63. The molecule has 1 aliphatic heterocycles. The molecule has 1 aliphatic rings. The lowest BCUT2D eigenvalue weighted by molar-refractivity contribution is 0.245. The Hall–Kier alpha value is -2.65. The van der Waals surface area contributed by atoms with E-state index >= 15 is 0 Å². The number of benzene rings is 2. The molecule has 0 atom stereocenters. The van der Waals surface area contributed by atoms with Gasteiger partial charge in [0.1, 0.15) is 0 Å². The number of allylic oxidation sites excluding steroid dienone is 1. The van der Waals surface area contributed by atoms with Crippen LogP contribution in [0.3, 0.4) is 0 Å². The second-order valence-electron chi connectivity index (χ2n) is 7.54. The quantitative estimate of drug-likeness (QED) is 0.537. The highest BCUT2D eigenvalue weighted by atomic mass is 15.1. The van der Waals surface area contributed by atoms with Crippen LogP contribution in [0.25, 0.3) is 0 Å². The molecular weight excluding hydrogens is 342 g/mol. The molecule has 1 N–H and O–H groups in total. The third-order valence-corrected chi connectivity index (χ3v) is 5.41. The second kappa shape index (κ2) is 9.52. The van der Waals surface area contributed by atoms with E-state index in [2.05, 4.69) is 71.2 Å². The van der Waals surface area contributed by atoms with Crippen LogP contribution in [0.15, 0.2) is 71.5 Å². The Morgan fingerprint density at radius 2 is 1.93 bits per heavy atom. The van der Waals surface area contributed by atoms with Crippen molar-refractivity contribution in [3.8, 4) is 0 Å². The first-order valence-corrected chi connectivity index (χ1v) is 10.0. The summed E-state index contributed by atoms with van der Waals surface area (Å²) >= 11 is 0. The molecule has 0 unspecified atom stereocenters. The van der Waals surface area contributed by atoms with Gasteiger partial charge >= 0.3 is 0 Å². The van der Waals surface area contributed by atoms with Crippen molar-refractivity contribution in [2.24, 2.45) is 4.99 Å². The number of aryl methyl sites for hydroxylation is 1. The van der Waals surface area contributed by atoms with Crippen molar-refractivity contribution in [2.45, 2.75) is 46.8 Å². The van der Waals surface area contributed by atoms with Gasteiger partial charge in [0.15, 0.2) is 0 Å². The minimum atomic E-state index is 0.774. The average molecular weight is 374 g/mol. The molecule has 0 radical (unpaired) electrons. The Balaban J connectivity index is 1.53. The van der Waals surface area contributed by atoms with Crippen LogP contribution in [0.5, 0.6) is 0 Å². The molecule has 0 saturated carbocycles. The van der Waals surface area contributed by atoms with Gasteiger partial charge in [-0.05, 0) is 60.6 Å². The van der Waals surface area contributed by atoms with Crippen LogP contribution in [0.4, 0.5) is 0 Å². The summed E-state index contributed by atoms with van der Waals surface area (Å²) in [6.07, 6.45) is 4.76. The van der Waals surface area contributed by atoms with Crippen molar-refractivity contribution < 1.29 is 0 Å². The Labute approximate surface area is 169 Å². The number of nitrogens with zero attached hydrogens (tertiary/aromatic N) is 2. The summed E-state index contributed by atoms with van der Waals surface area (Å²) in [5.74, 6) is 0. The Kier molecular flexibility index (Phi) is 6.83. The van der Waals surface area contributed by atoms with E-state index in [1.165, 1.54) is 22.3 Å². The molecule has 0 aliphatic carbocycles. The molecule has 0 saturated heterocycles. The zero-order chi connectivity index (χ0) is 19.9. The normalized spacial score (nSPS) is 14.9. The standard InChI is InChI=1S/C25H31N3/c1-5-26-15-20(3)21(4)27-16-22-9-11-23(12-10-22)17-28-14-13-25-19(2)7-6-8-24(25)18-28/h5-12,15,27H,4,13-14,16-18H2,1-3H3/b20-15+,26-5?. The largest absolute Gasteiger partial charge is 0.381 e. The lowest BCUT2D eigenvalue weighted by atomic mass is 9.95. The van der Waals surface area contributed by atoms with Gasteiger partial charge in [-0.3, -0.25) is 9.89 Å². The van der Waals surface area contributed by atoms with E-state index in [-0.39, 0.29) is 0 Å². The van der Waals surface area contributed by atoms with Crippen LogP contribution in [-0.4, -0.2) is 17.7 Å². The molecule has 0 bridgehead atoms. The van der Waals surface area contributed by atoms with Crippen LogP contribution < -0.4 is 5.32 Å². The van der Waals surface area contributed by atoms with Gasteiger partial charge in [0.2, 0.25) is 0 Å². The summed E-state index contributed by atoms with van der Waals surface area (Å²) in [5.41, 5.74) is 9.06. The zero-order valence-electron chi connectivity index (χ0n) is 17.3. The van der Waals surface area contributed by atoms with Crippen LogP contribution in [0.1, 0.15) is 41.7 Å². The smallest absolute Gasteiger partial charge is 0.0400 e. The molecule has 2 aromatic rings. The molecule has 0 fully saturated rings. The lowest BCUT2D eigenvalue weighted by Crippen LogP contribution is -2.30. The molecule has 0 spiro atoms. The van der Waals surface area contributed by atoms with E-state index in [4.69, 9.17) is 0 Å². The van der Waals surface area contributed by atoms with E-state index in [0.717, 1.165) is 43.9 Å². The molecule has 3 nitrogen and oxygen atoms in total. The molecule has 2 aromatic carbocycles. The van der Waals surface area contributed by atoms with Crippen molar-refractivity contribution in [1.29, 1.82) is 0 Å². The van der Waals surface area contributed by atoms with Gasteiger partial charge in [-0.25, -0.2) is 0 Å². The summed E-state index contributed by atoms with van der Waals surface area (Å²) in [6, 6.07) is 15.6. The number of nitrogens with one attached hydrogen (secondary N) is 1. The van der Waals surface area contributed by atoms with Crippen molar-refractivity contribution in [2.75, 3.05) is 6.54 Å². The highest BCUT2D eigenvalue weighted by molar-refractivity contribution is 5.54. The van der Waals surface area contributed by atoms with Crippen LogP contribution in [-0.2, 0) is 26.1 Å². The summed E-state index contributed by atoms with van der Waals surface area (Å²) in [5, 5.41) is 3.38. The number of fused-ring (bicyclic) bond motifs is 1. The van der Waals surface area contributed by atoms with Crippen molar-refractivity contribution >= 4 is 6.21 Å². The first-order valence-electron chi connectivity index (χ1n) is 10.0. The fourth-order valence-electron chi connectivity index (χ4n) is 3.63. The summed E-state index contributed by atoms with van der Waals surface area (Å²) in [7, 11) is 0. The third-order valence-electron chi connectivity index (χ3n) is 5.41. The molecule has 0 amide bonds. The fraction of sp³-hybridized carbons (Fsp3) is 0.320. The lowest BCUT2D eigenvalue weighted by Gasteiger charge is -2.29. The maximum atomic E-state index is 4.14. The monoisotopic (exact) mass is 373 g/mol. The molecule has 3 rings (SSSR count). The predicted molar refractivity (Wildman–Crippen MR) is 119 cm³/mol. The Morgan fingerprint density at radius 1 is 1.18 bits per heavy atom. The van der Waals surface area contributed by atoms with Gasteiger partial charge in [0.25, 0.3) is 0 Å². The van der Waals surface area contributed by atoms with Gasteiger partial charge in [-0.15, -0.1) is 0 Å². The first kappa shape index (κ1) is 20.1. The maximum absolute atomic E-state index is 4.14. The van der Waals surface area contributed by atoms with Gasteiger partial charge in [0, 0.05) is 44.3 Å². The second-order valence-corrected chi connectivity index (χ2v) is 7.54. The van der Waals surface area contributed by atoms with E-state index in [0.29, 0.717) is 0 Å². The van der Waals surface area contributed by atoms with Crippen LogP contribution in [0, 0.1) is 6.92 Å². The molecule has 1 heterocycles. The van der Waals surface area contributed by atoms with E-state index in [1.54, 1.807) is 11.8 Å². The maximum Gasteiger partial charge on any atom is 0.0400 e. The average Bonchev–Trinajstić information content (AvgIpc) is 2.71. The SMILES string of the molecule is C=C(NCc1ccc(CN2CCc3c(C)cccc3C2)cc1)/C(C)=C/N=CC. The van der Waals surface area contributed by atoms with E-state index in [1.807, 2.05) is 20.0 Å². The van der Waals surface area contributed by atoms with Crippen molar-refractivity contribution in [3.05, 3.63) is 94.3 Å². The summed E-state index contributed by atoms with van der Waals surface area (Å²) in [4.78, 5) is 6.68. The highest BCUT2D eigenvalue weighted by Gasteiger charge is 2.17. The number of aliphatic imine (C=N–C) groups is 1. The minimum Gasteiger partial charge on any atom is -0.381 e. The molecule has 0 aromatic heterocycles. The molecule has 146 valence electrons. The number of rotatable bonds is 7. The van der Waals surface area contributed by atoms with Gasteiger partial charge in [0.05, 0.1) is 0 Å². The number of hydrogen-bond donors (Lipinski definition) is 1. The predicted octanol–water partition coefficient (Wildman–Crippen LogP) is 5.15. The van der Waals surface area contributed by atoms with Crippen LogP contribution >= 0.6 is 0 Å². The van der Waals surface area contributed by atoms with E-state index < -0.39 is 0 Å². The minimum absolute atomic E-state index is 0.774. The van der Waals surface area contributed by atoms with E-state index in [9.17, 15) is 0 Å². The van der Waals surface area contributed by atoms with Gasteiger partial charge in [-0.1, -0.05) is 49.0 Å². The van der Waals surface area contributed by atoms with Crippen LogP contribution in [0.2, 0.25) is 0 Å². The van der Waals surface area contributed by atoms with Crippen molar-refractivity contribution in [1.82, 2.24) is 10.2 Å². The summed E-state index contributed by atoms with van der Waals surface area (Å²) < 4.78 is 0. The van der Waals surface area contributed by atoms with Gasteiger partial charge in [-0.2, -0.15) is 0 Å². The molecule has 3 heteroatoms. The van der Waals surface area contributed by atoms with Crippen molar-refractivity contribution in [3.63, 3.8) is 0 Å². The number of hydrogen-bond acceptors (Lipinski definition) is 3. The molecular formula is C25H31N3. The third kappa shape index (κ3) is 5.20. The van der Waals surface area contributed by atoms with Gasteiger partial charge < -0.3 is 5.32 Å². The first-order chi connectivity index (χ1) is 13.6. The zero-order valence-corrected chi connectivity index (χ0v) is 17.3. The Morgan fingerprint density at radius 3 is 2.68 bits per heavy atom. The Bertz CT molecular complexity index is 875. The topological polar surface area (TPSA) is 27.6 Å².